The van der Waals surface area contributed by atoms with Crippen molar-refractivity contribution in [2.75, 3.05) is 20.1 Å². The van der Waals surface area contributed by atoms with E-state index in [-0.39, 0.29) is 23.1 Å². The zero-order valence-electron chi connectivity index (χ0n) is 22.2. The number of carbonyl (C=O) groups is 1. The zero-order valence-corrected chi connectivity index (χ0v) is 23.0. The lowest BCUT2D eigenvalue weighted by atomic mass is 9.98. The second-order valence-electron chi connectivity index (χ2n) is 9.99. The molecule has 4 rings (SSSR count). The minimum Gasteiger partial charge on any atom is -0.355 e. The largest absolute Gasteiger partial charge is 0.355 e. The topological polar surface area (TPSA) is 83.7 Å². The van der Waals surface area contributed by atoms with Crippen LogP contribution in [0.4, 0.5) is 0 Å². The van der Waals surface area contributed by atoms with E-state index < -0.39 is 15.9 Å². The van der Waals surface area contributed by atoms with Gasteiger partial charge in [0.15, 0.2) is 10.7 Å². The summed E-state index contributed by atoms with van der Waals surface area (Å²) in [6.07, 6.45) is 4.83. The van der Waals surface area contributed by atoms with E-state index in [4.69, 9.17) is 4.52 Å². The van der Waals surface area contributed by atoms with Crippen molar-refractivity contribution in [2.24, 2.45) is 5.92 Å². The minimum atomic E-state index is -3.91. The third kappa shape index (κ3) is 5.86. The van der Waals surface area contributed by atoms with Crippen LogP contribution in [0.1, 0.15) is 52.1 Å². The standard InChI is InChI=1S/C29H35N3O4S/c1-20-16-21(2)26(22(3)17-20)13-14-27-28(23(4)30-36-27)37(34,35)32-15-9-12-25(19-32)29(33)31(5)18-24-10-7-6-8-11-24/h6-8,10-11,13-14,16-17,25H,9,12,15,18-19H2,1-5H3/b14-13+. The molecular formula is C29H35N3O4S. The van der Waals surface area contributed by atoms with Gasteiger partial charge in [-0.1, -0.05) is 59.3 Å². The van der Waals surface area contributed by atoms with E-state index in [1.807, 2.05) is 57.2 Å². The van der Waals surface area contributed by atoms with Gasteiger partial charge in [-0.2, -0.15) is 4.31 Å². The molecule has 0 aliphatic carbocycles. The average Bonchev–Trinajstić information content (AvgIpc) is 3.24. The molecular weight excluding hydrogens is 486 g/mol. The molecule has 0 radical (unpaired) electrons. The first-order valence-corrected chi connectivity index (χ1v) is 14.0. The number of aryl methyl sites for hydroxylation is 4. The lowest BCUT2D eigenvalue weighted by Gasteiger charge is -2.33. The molecule has 1 aromatic heterocycles. The van der Waals surface area contributed by atoms with Crippen molar-refractivity contribution in [1.29, 1.82) is 0 Å². The number of hydrogen-bond donors (Lipinski definition) is 0. The number of amides is 1. The van der Waals surface area contributed by atoms with Gasteiger partial charge in [0.05, 0.1) is 5.92 Å². The summed E-state index contributed by atoms with van der Waals surface area (Å²) in [5, 5.41) is 3.97. The molecule has 1 fully saturated rings. The number of rotatable bonds is 7. The highest BCUT2D eigenvalue weighted by molar-refractivity contribution is 7.89. The first kappa shape index (κ1) is 26.8. The molecule has 3 aromatic rings. The van der Waals surface area contributed by atoms with Gasteiger partial charge >= 0.3 is 0 Å². The predicted molar refractivity (Wildman–Crippen MR) is 145 cm³/mol. The normalized spacial score (nSPS) is 16.8. The third-order valence-corrected chi connectivity index (χ3v) is 8.97. The summed E-state index contributed by atoms with van der Waals surface area (Å²) < 4.78 is 34.4. The van der Waals surface area contributed by atoms with Crippen LogP contribution in [0.15, 0.2) is 51.9 Å². The maximum Gasteiger partial charge on any atom is 0.248 e. The van der Waals surface area contributed by atoms with Gasteiger partial charge in [-0.25, -0.2) is 8.42 Å². The molecule has 0 spiro atoms. The Kier molecular flexibility index (Phi) is 7.99. The summed E-state index contributed by atoms with van der Waals surface area (Å²) in [5.74, 6) is -0.239. The first-order valence-electron chi connectivity index (χ1n) is 12.6. The van der Waals surface area contributed by atoms with Gasteiger partial charge in [0.1, 0.15) is 5.69 Å². The van der Waals surface area contributed by atoms with Crippen molar-refractivity contribution >= 4 is 28.1 Å². The van der Waals surface area contributed by atoms with E-state index in [1.165, 1.54) is 9.87 Å². The molecule has 196 valence electrons. The smallest absolute Gasteiger partial charge is 0.248 e. The van der Waals surface area contributed by atoms with E-state index in [1.54, 1.807) is 24.9 Å². The van der Waals surface area contributed by atoms with Crippen LogP contribution >= 0.6 is 0 Å². The number of hydrogen-bond acceptors (Lipinski definition) is 5. The second-order valence-corrected chi connectivity index (χ2v) is 11.9. The zero-order chi connectivity index (χ0) is 26.7. The van der Waals surface area contributed by atoms with E-state index in [0.717, 1.165) is 22.3 Å². The maximum atomic E-state index is 13.8. The molecule has 1 amide bonds. The Morgan fingerprint density at radius 1 is 1.11 bits per heavy atom. The van der Waals surface area contributed by atoms with Gasteiger partial charge < -0.3 is 9.42 Å². The molecule has 1 atom stereocenters. The van der Waals surface area contributed by atoms with Crippen LogP contribution in [0.25, 0.3) is 12.2 Å². The summed E-state index contributed by atoms with van der Waals surface area (Å²) in [4.78, 5) is 15.0. The molecule has 0 bridgehead atoms. The molecule has 7 nitrogen and oxygen atoms in total. The highest BCUT2D eigenvalue weighted by atomic mass is 32.2. The van der Waals surface area contributed by atoms with Gasteiger partial charge in [-0.05, 0) is 68.9 Å². The van der Waals surface area contributed by atoms with E-state index in [9.17, 15) is 13.2 Å². The maximum absolute atomic E-state index is 13.8. The van der Waals surface area contributed by atoms with Gasteiger partial charge in [0, 0.05) is 26.7 Å². The number of piperidine rings is 1. The van der Waals surface area contributed by atoms with Crippen molar-refractivity contribution in [2.45, 2.75) is 52.0 Å². The van der Waals surface area contributed by atoms with Crippen LogP contribution < -0.4 is 0 Å². The Labute approximate surface area is 219 Å². The van der Waals surface area contributed by atoms with Crippen molar-refractivity contribution in [3.63, 3.8) is 0 Å². The second kappa shape index (κ2) is 11.0. The summed E-state index contributed by atoms with van der Waals surface area (Å²) >= 11 is 0. The van der Waals surface area contributed by atoms with Crippen molar-refractivity contribution in [1.82, 2.24) is 14.4 Å². The lowest BCUT2D eigenvalue weighted by Crippen LogP contribution is -2.45. The van der Waals surface area contributed by atoms with Gasteiger partial charge in [0.25, 0.3) is 0 Å². The van der Waals surface area contributed by atoms with Crippen molar-refractivity contribution < 1.29 is 17.7 Å². The lowest BCUT2D eigenvalue weighted by molar-refractivity contribution is -0.135. The fourth-order valence-corrected chi connectivity index (χ4v) is 6.92. The van der Waals surface area contributed by atoms with Crippen molar-refractivity contribution in [3.05, 3.63) is 81.7 Å². The SMILES string of the molecule is Cc1cc(C)c(/C=C/c2onc(C)c2S(=O)(=O)N2CCCC(C(=O)N(C)Cc3ccccc3)C2)c(C)c1. The minimum absolute atomic E-state index is 0.0452. The molecule has 2 aromatic carbocycles. The molecule has 0 saturated carbocycles. The van der Waals surface area contributed by atoms with E-state index in [0.29, 0.717) is 31.6 Å². The molecule has 1 aliphatic heterocycles. The molecule has 37 heavy (non-hydrogen) atoms. The van der Waals surface area contributed by atoms with Crippen LogP contribution in [0, 0.1) is 33.6 Å². The Balaban J connectivity index is 1.55. The Hall–Kier alpha value is -3.23. The van der Waals surface area contributed by atoms with Crippen LogP contribution in [0.2, 0.25) is 0 Å². The van der Waals surface area contributed by atoms with Crippen LogP contribution in [0.3, 0.4) is 0 Å². The molecule has 2 heterocycles. The van der Waals surface area contributed by atoms with Crippen LogP contribution in [-0.4, -0.2) is 48.8 Å². The fraction of sp³-hybridized carbons (Fsp3) is 0.379. The number of benzene rings is 2. The third-order valence-electron chi connectivity index (χ3n) is 6.94. The number of aromatic nitrogens is 1. The molecule has 1 saturated heterocycles. The van der Waals surface area contributed by atoms with E-state index >= 15 is 0 Å². The van der Waals surface area contributed by atoms with Crippen LogP contribution in [0.5, 0.6) is 0 Å². The average molecular weight is 522 g/mol. The van der Waals surface area contributed by atoms with E-state index in [2.05, 4.69) is 17.3 Å². The Morgan fingerprint density at radius 3 is 2.46 bits per heavy atom. The Bertz CT molecular complexity index is 1390. The quantitative estimate of drug-likeness (QED) is 0.430. The number of sulfonamides is 1. The van der Waals surface area contributed by atoms with Gasteiger partial charge in [-0.3, -0.25) is 4.79 Å². The van der Waals surface area contributed by atoms with Gasteiger partial charge in [-0.15, -0.1) is 0 Å². The highest BCUT2D eigenvalue weighted by Gasteiger charge is 2.37. The molecule has 1 aliphatic rings. The van der Waals surface area contributed by atoms with Gasteiger partial charge in [0.2, 0.25) is 15.9 Å². The highest BCUT2D eigenvalue weighted by Crippen LogP contribution is 2.30. The predicted octanol–water partition coefficient (Wildman–Crippen LogP) is 5.14. The summed E-state index contributed by atoms with van der Waals surface area (Å²) in [6.45, 7) is 8.73. The molecule has 0 N–H and O–H groups in total. The summed E-state index contributed by atoms with van der Waals surface area (Å²) in [7, 11) is -2.14. The molecule has 1 unspecified atom stereocenters. The molecule has 8 heteroatoms. The monoisotopic (exact) mass is 521 g/mol. The van der Waals surface area contributed by atoms with Crippen LogP contribution in [-0.2, 0) is 21.4 Å². The fourth-order valence-electron chi connectivity index (χ4n) is 5.15. The first-order chi connectivity index (χ1) is 17.6. The number of carbonyl (C=O) groups excluding carboxylic acids is 1. The number of nitrogens with zero attached hydrogens (tertiary/aromatic N) is 3. The Morgan fingerprint density at radius 2 is 1.78 bits per heavy atom. The summed E-state index contributed by atoms with van der Waals surface area (Å²) in [6, 6.07) is 14.0. The van der Waals surface area contributed by atoms with Crippen molar-refractivity contribution in [3.8, 4) is 0 Å². The summed E-state index contributed by atoms with van der Waals surface area (Å²) in [5.41, 5.74) is 5.75.